The number of ether oxygens (including phenoxy) is 2. The van der Waals surface area contributed by atoms with E-state index in [2.05, 4.69) is 16.9 Å². The Morgan fingerprint density at radius 2 is 2.29 bits per heavy atom. The summed E-state index contributed by atoms with van der Waals surface area (Å²) < 4.78 is 13.4. The van der Waals surface area contributed by atoms with Gasteiger partial charge in [0.05, 0.1) is 19.8 Å². The third kappa shape index (κ3) is 3.19. The molecule has 0 bridgehead atoms. The van der Waals surface area contributed by atoms with Crippen molar-refractivity contribution in [2.24, 2.45) is 4.99 Å². The summed E-state index contributed by atoms with van der Waals surface area (Å²) in [5, 5.41) is 2.14. The van der Waals surface area contributed by atoms with Crippen molar-refractivity contribution in [1.29, 1.82) is 0 Å². The molecule has 1 aliphatic rings. The van der Waals surface area contributed by atoms with Crippen molar-refractivity contribution in [2.45, 2.75) is 32.4 Å². The highest BCUT2D eigenvalue weighted by Crippen LogP contribution is 2.26. The number of methoxy groups -OCH3 is 1. The van der Waals surface area contributed by atoms with Crippen LogP contribution in [-0.2, 0) is 11.3 Å². The minimum Gasteiger partial charge on any atom is -0.494 e. The second-order valence-corrected chi connectivity index (χ2v) is 6.03. The largest absolute Gasteiger partial charge is 0.494 e. The molecule has 0 spiro atoms. The van der Waals surface area contributed by atoms with Crippen molar-refractivity contribution in [3.05, 3.63) is 40.1 Å². The molecule has 0 aliphatic carbocycles. The van der Waals surface area contributed by atoms with E-state index < -0.39 is 0 Å². The van der Waals surface area contributed by atoms with Crippen LogP contribution in [-0.4, -0.2) is 24.4 Å². The Hall–Kier alpha value is -1.59. The van der Waals surface area contributed by atoms with Crippen LogP contribution in [0.3, 0.4) is 0 Å². The van der Waals surface area contributed by atoms with E-state index in [0.29, 0.717) is 6.10 Å². The first-order valence-corrected chi connectivity index (χ1v) is 8.10. The van der Waals surface area contributed by atoms with E-state index in [4.69, 9.17) is 14.5 Å². The van der Waals surface area contributed by atoms with Crippen molar-refractivity contribution in [3.8, 4) is 5.75 Å². The predicted octanol–water partition coefficient (Wildman–Crippen LogP) is 3.28. The van der Waals surface area contributed by atoms with Crippen LogP contribution in [0, 0.1) is 6.92 Å². The Balaban J connectivity index is 1.96. The van der Waals surface area contributed by atoms with Gasteiger partial charge in [-0.3, -0.25) is 0 Å². The summed E-state index contributed by atoms with van der Waals surface area (Å²) in [6.07, 6.45) is 2.61. The number of thiazole rings is 1. The number of aryl methyl sites for hydroxylation is 1. The van der Waals surface area contributed by atoms with Crippen molar-refractivity contribution in [3.63, 3.8) is 0 Å². The predicted molar refractivity (Wildman–Crippen MR) is 84.2 cm³/mol. The average molecular weight is 304 g/mol. The lowest BCUT2D eigenvalue weighted by molar-refractivity contribution is 0.0959. The molecule has 1 aromatic carbocycles. The molecule has 0 radical (unpaired) electrons. The summed E-state index contributed by atoms with van der Waals surface area (Å²) in [4.78, 5) is 5.77. The first-order valence-electron chi connectivity index (χ1n) is 7.22. The normalized spacial score (nSPS) is 19.1. The van der Waals surface area contributed by atoms with Gasteiger partial charge in [-0.05, 0) is 31.9 Å². The zero-order chi connectivity index (χ0) is 14.7. The van der Waals surface area contributed by atoms with Gasteiger partial charge in [-0.1, -0.05) is 12.1 Å². The van der Waals surface area contributed by atoms with Gasteiger partial charge >= 0.3 is 0 Å². The number of rotatable bonds is 4. The van der Waals surface area contributed by atoms with Crippen molar-refractivity contribution in [1.82, 2.24) is 4.57 Å². The zero-order valence-electron chi connectivity index (χ0n) is 12.4. The fourth-order valence-electron chi connectivity index (χ4n) is 2.54. The summed E-state index contributed by atoms with van der Waals surface area (Å²) in [5.41, 5.74) is 2.09. The molecule has 4 nitrogen and oxygen atoms in total. The Kier molecular flexibility index (Phi) is 4.41. The number of benzene rings is 1. The lowest BCUT2D eigenvalue weighted by Crippen LogP contribution is -2.24. The lowest BCUT2D eigenvalue weighted by Gasteiger charge is -2.12. The van der Waals surface area contributed by atoms with Crippen LogP contribution in [0.15, 0.2) is 34.6 Å². The molecule has 2 aromatic rings. The van der Waals surface area contributed by atoms with Crippen LogP contribution in [0.1, 0.15) is 18.5 Å². The second kappa shape index (κ2) is 6.45. The van der Waals surface area contributed by atoms with Crippen LogP contribution >= 0.6 is 11.3 Å². The fraction of sp³-hybridized carbons (Fsp3) is 0.438. The zero-order valence-corrected chi connectivity index (χ0v) is 13.2. The highest BCUT2D eigenvalue weighted by Gasteiger charge is 2.17. The molecule has 5 heteroatoms. The van der Waals surface area contributed by atoms with Crippen LogP contribution in [0.2, 0.25) is 0 Å². The highest BCUT2D eigenvalue weighted by atomic mass is 32.1. The molecule has 1 aromatic heterocycles. The summed E-state index contributed by atoms with van der Waals surface area (Å²) >= 11 is 1.66. The smallest absolute Gasteiger partial charge is 0.190 e. The number of para-hydroxylation sites is 2. The summed E-state index contributed by atoms with van der Waals surface area (Å²) in [5.74, 6) is 0.798. The number of hydrogen-bond acceptors (Lipinski definition) is 4. The Labute approximate surface area is 128 Å². The maximum atomic E-state index is 5.75. The highest BCUT2D eigenvalue weighted by molar-refractivity contribution is 7.07. The van der Waals surface area contributed by atoms with E-state index in [1.54, 1.807) is 18.4 Å². The van der Waals surface area contributed by atoms with Gasteiger partial charge < -0.3 is 14.0 Å². The third-order valence-corrected chi connectivity index (χ3v) is 4.68. The Bertz CT molecular complexity index is 669. The minimum atomic E-state index is 0.315. The molecule has 1 saturated heterocycles. The maximum Gasteiger partial charge on any atom is 0.190 e. The molecule has 3 rings (SSSR count). The van der Waals surface area contributed by atoms with E-state index in [1.807, 2.05) is 24.3 Å². The third-order valence-electron chi connectivity index (χ3n) is 3.70. The summed E-state index contributed by atoms with van der Waals surface area (Å²) in [7, 11) is 1.68. The van der Waals surface area contributed by atoms with Gasteiger partial charge in [0.25, 0.3) is 0 Å². The minimum absolute atomic E-state index is 0.315. The molecule has 1 fully saturated rings. The molecule has 0 N–H and O–H groups in total. The average Bonchev–Trinajstić information content (AvgIpc) is 3.13. The standard InChI is InChI=1S/C16H20N2O2S/c1-12-11-21-16(18(12)10-13-6-5-9-20-13)17-14-7-3-4-8-15(14)19-2/h3-4,7-8,11,13H,5-6,9-10H2,1-2H3. The number of hydrogen-bond donors (Lipinski definition) is 0. The van der Waals surface area contributed by atoms with Gasteiger partial charge in [-0.15, -0.1) is 11.3 Å². The topological polar surface area (TPSA) is 35.8 Å². The van der Waals surface area contributed by atoms with E-state index in [9.17, 15) is 0 Å². The van der Waals surface area contributed by atoms with Crippen LogP contribution in [0.25, 0.3) is 0 Å². The summed E-state index contributed by atoms with van der Waals surface area (Å²) in [6.45, 7) is 3.88. The van der Waals surface area contributed by atoms with Gasteiger partial charge in [0.1, 0.15) is 11.4 Å². The summed E-state index contributed by atoms with van der Waals surface area (Å²) in [6, 6.07) is 7.85. The van der Waals surface area contributed by atoms with Crippen LogP contribution in [0.4, 0.5) is 5.69 Å². The molecular weight excluding hydrogens is 284 g/mol. The monoisotopic (exact) mass is 304 g/mol. The van der Waals surface area contributed by atoms with Crippen molar-refractivity contribution < 1.29 is 9.47 Å². The maximum absolute atomic E-state index is 5.75. The molecule has 1 unspecified atom stereocenters. The van der Waals surface area contributed by atoms with Crippen molar-refractivity contribution >= 4 is 17.0 Å². The quantitative estimate of drug-likeness (QED) is 0.869. The molecule has 1 atom stereocenters. The van der Waals surface area contributed by atoms with Crippen molar-refractivity contribution in [2.75, 3.05) is 13.7 Å². The van der Waals surface area contributed by atoms with E-state index in [0.717, 1.165) is 42.2 Å². The van der Waals surface area contributed by atoms with Gasteiger partial charge in [0, 0.05) is 17.7 Å². The first-order chi connectivity index (χ1) is 10.3. The van der Waals surface area contributed by atoms with Gasteiger partial charge in [0.2, 0.25) is 0 Å². The first kappa shape index (κ1) is 14.4. The molecular formula is C16H20N2O2S. The lowest BCUT2D eigenvalue weighted by atomic mass is 10.2. The number of aromatic nitrogens is 1. The SMILES string of the molecule is COc1ccccc1N=c1scc(C)n1CC1CCCO1. The van der Waals surface area contributed by atoms with E-state index in [-0.39, 0.29) is 0 Å². The molecule has 1 aliphatic heterocycles. The van der Waals surface area contributed by atoms with E-state index >= 15 is 0 Å². The molecule has 0 amide bonds. The molecule has 0 saturated carbocycles. The van der Waals surface area contributed by atoms with Gasteiger partial charge in [-0.25, -0.2) is 4.99 Å². The Morgan fingerprint density at radius 1 is 1.43 bits per heavy atom. The molecule has 2 heterocycles. The van der Waals surface area contributed by atoms with Gasteiger partial charge in [0.15, 0.2) is 4.80 Å². The molecule has 112 valence electrons. The fourth-order valence-corrected chi connectivity index (χ4v) is 3.44. The molecule has 21 heavy (non-hydrogen) atoms. The second-order valence-electron chi connectivity index (χ2n) is 5.19. The Morgan fingerprint density at radius 3 is 3.05 bits per heavy atom. The van der Waals surface area contributed by atoms with Gasteiger partial charge in [-0.2, -0.15) is 0 Å². The number of nitrogens with zero attached hydrogens (tertiary/aromatic N) is 2. The van der Waals surface area contributed by atoms with Crippen LogP contribution < -0.4 is 9.54 Å². The van der Waals surface area contributed by atoms with E-state index in [1.165, 1.54) is 5.69 Å². The van der Waals surface area contributed by atoms with Crippen LogP contribution in [0.5, 0.6) is 5.75 Å².